The van der Waals surface area contributed by atoms with Crippen molar-refractivity contribution in [3.05, 3.63) is 89.6 Å². The van der Waals surface area contributed by atoms with E-state index in [0.29, 0.717) is 12.3 Å². The van der Waals surface area contributed by atoms with Crippen LogP contribution in [0.25, 0.3) is 11.0 Å². The van der Waals surface area contributed by atoms with Crippen LogP contribution >= 0.6 is 0 Å². The minimum absolute atomic E-state index is 0.0752. The third-order valence-corrected chi connectivity index (χ3v) is 4.23. The summed E-state index contributed by atoms with van der Waals surface area (Å²) in [7, 11) is 0. The molecule has 4 aromatic rings. The molecule has 136 valence electrons. The topological polar surface area (TPSA) is 60.1 Å². The maximum Gasteiger partial charge on any atom is 0.287 e. The van der Waals surface area contributed by atoms with Gasteiger partial charge in [0, 0.05) is 12.1 Å². The van der Waals surface area contributed by atoms with Crippen molar-refractivity contribution in [3.8, 4) is 0 Å². The second-order valence-electron chi connectivity index (χ2n) is 6.01. The third kappa shape index (κ3) is 3.44. The van der Waals surface area contributed by atoms with Crippen molar-refractivity contribution in [3.63, 3.8) is 0 Å². The van der Waals surface area contributed by atoms with Crippen molar-refractivity contribution in [1.82, 2.24) is 14.9 Å². The molecule has 5 nitrogen and oxygen atoms in total. The molecule has 0 spiro atoms. The number of benzene rings is 2. The number of para-hydroxylation sites is 2. The van der Waals surface area contributed by atoms with Gasteiger partial charge in [-0.2, -0.15) is 0 Å². The first kappa shape index (κ1) is 17.0. The Morgan fingerprint density at radius 1 is 1.04 bits per heavy atom. The van der Waals surface area contributed by atoms with Crippen LogP contribution in [0.4, 0.5) is 8.78 Å². The molecule has 4 rings (SSSR count). The molecule has 0 saturated heterocycles. The summed E-state index contributed by atoms with van der Waals surface area (Å²) in [5.74, 6) is -1.31. The molecule has 0 saturated carbocycles. The van der Waals surface area contributed by atoms with Crippen LogP contribution in [0.2, 0.25) is 0 Å². The second kappa shape index (κ2) is 7.03. The highest BCUT2D eigenvalue weighted by atomic mass is 19.1. The number of hydrogen-bond donors (Lipinski definition) is 1. The van der Waals surface area contributed by atoms with Crippen LogP contribution in [0.3, 0.4) is 0 Å². The first-order valence-corrected chi connectivity index (χ1v) is 8.31. The smallest absolute Gasteiger partial charge is 0.287 e. The van der Waals surface area contributed by atoms with Crippen LogP contribution in [0.5, 0.6) is 0 Å². The summed E-state index contributed by atoms with van der Waals surface area (Å²) in [5, 5.41) is 2.47. The highest BCUT2D eigenvalue weighted by Gasteiger charge is 2.14. The lowest BCUT2D eigenvalue weighted by atomic mass is 10.2. The number of furan rings is 1. The zero-order valence-corrected chi connectivity index (χ0v) is 14.2. The van der Waals surface area contributed by atoms with Crippen LogP contribution in [0.1, 0.15) is 21.9 Å². The number of amides is 1. The minimum Gasteiger partial charge on any atom is -0.454 e. The number of fused-ring (bicyclic) bond motifs is 1. The number of imidazole rings is 1. The summed E-state index contributed by atoms with van der Waals surface area (Å²) in [6.07, 6.45) is 1.70. The monoisotopic (exact) mass is 367 g/mol. The standard InChI is InChI=1S/C20H15F2N3O2/c21-15-4-3-5-16(22)14(15)10-23-20(26)19-9-8-13(27-19)11-25-12-24-17-6-1-2-7-18(17)25/h1-9,12H,10-11H2,(H,23,26). The van der Waals surface area contributed by atoms with E-state index in [9.17, 15) is 13.6 Å². The first-order valence-electron chi connectivity index (χ1n) is 8.31. The summed E-state index contributed by atoms with van der Waals surface area (Å²) in [4.78, 5) is 16.5. The predicted octanol–water partition coefficient (Wildman–Crippen LogP) is 3.89. The molecule has 0 radical (unpaired) electrons. The van der Waals surface area contributed by atoms with Gasteiger partial charge in [-0.25, -0.2) is 13.8 Å². The average Bonchev–Trinajstić information content (AvgIpc) is 3.29. The van der Waals surface area contributed by atoms with Crippen LogP contribution in [0.15, 0.2) is 65.3 Å². The summed E-state index contributed by atoms with van der Waals surface area (Å²) in [6.45, 7) is 0.148. The van der Waals surface area contributed by atoms with Gasteiger partial charge in [-0.3, -0.25) is 4.79 Å². The molecule has 0 aliphatic rings. The van der Waals surface area contributed by atoms with Crippen LogP contribution in [-0.4, -0.2) is 15.5 Å². The van der Waals surface area contributed by atoms with E-state index >= 15 is 0 Å². The van der Waals surface area contributed by atoms with Gasteiger partial charge in [-0.05, 0) is 36.4 Å². The van der Waals surface area contributed by atoms with Gasteiger partial charge in [0.1, 0.15) is 17.4 Å². The molecule has 2 aromatic carbocycles. The molecule has 0 aliphatic heterocycles. The van der Waals surface area contributed by atoms with Crippen molar-refractivity contribution in [1.29, 1.82) is 0 Å². The molecular weight excluding hydrogens is 352 g/mol. The Kier molecular flexibility index (Phi) is 4.42. The lowest BCUT2D eigenvalue weighted by Gasteiger charge is -2.06. The summed E-state index contributed by atoms with van der Waals surface area (Å²) in [6, 6.07) is 14.5. The molecule has 1 N–H and O–H groups in total. The molecule has 27 heavy (non-hydrogen) atoms. The largest absolute Gasteiger partial charge is 0.454 e. The molecule has 0 aliphatic carbocycles. The number of nitrogens with one attached hydrogen (secondary N) is 1. The van der Waals surface area contributed by atoms with E-state index in [1.165, 1.54) is 12.1 Å². The van der Waals surface area contributed by atoms with Gasteiger partial charge in [0.2, 0.25) is 0 Å². The van der Waals surface area contributed by atoms with Gasteiger partial charge < -0.3 is 14.3 Å². The van der Waals surface area contributed by atoms with Gasteiger partial charge in [0.15, 0.2) is 5.76 Å². The maximum atomic E-state index is 13.6. The molecule has 1 amide bonds. The van der Waals surface area contributed by atoms with E-state index in [-0.39, 0.29) is 17.9 Å². The fourth-order valence-corrected chi connectivity index (χ4v) is 2.85. The minimum atomic E-state index is -0.706. The molecule has 7 heteroatoms. The lowest BCUT2D eigenvalue weighted by molar-refractivity contribution is 0.0920. The Labute approximate surface area is 153 Å². The number of carbonyl (C=O) groups excluding carboxylic acids is 1. The lowest BCUT2D eigenvalue weighted by Crippen LogP contribution is -2.23. The zero-order chi connectivity index (χ0) is 18.8. The van der Waals surface area contributed by atoms with Crippen LogP contribution < -0.4 is 5.32 Å². The Bertz CT molecular complexity index is 1100. The number of hydrogen-bond acceptors (Lipinski definition) is 3. The van der Waals surface area contributed by atoms with E-state index in [1.807, 2.05) is 28.8 Å². The number of carbonyl (C=O) groups is 1. The SMILES string of the molecule is O=C(NCc1c(F)cccc1F)c1ccc(Cn2cnc3ccccc32)o1. The predicted molar refractivity (Wildman–Crippen MR) is 95.1 cm³/mol. The van der Waals surface area contributed by atoms with E-state index < -0.39 is 17.5 Å². The quantitative estimate of drug-likeness (QED) is 0.582. The molecule has 2 aromatic heterocycles. The van der Waals surface area contributed by atoms with Crippen molar-refractivity contribution >= 4 is 16.9 Å². The van der Waals surface area contributed by atoms with Crippen molar-refractivity contribution < 1.29 is 18.0 Å². The van der Waals surface area contributed by atoms with Gasteiger partial charge in [0.05, 0.1) is 23.9 Å². The van der Waals surface area contributed by atoms with Crippen molar-refractivity contribution in [2.75, 3.05) is 0 Å². The summed E-state index contributed by atoms with van der Waals surface area (Å²) < 4.78 is 34.7. The van der Waals surface area contributed by atoms with E-state index in [4.69, 9.17) is 4.42 Å². The number of nitrogens with zero attached hydrogens (tertiary/aromatic N) is 2. The van der Waals surface area contributed by atoms with Gasteiger partial charge >= 0.3 is 0 Å². The second-order valence-corrected chi connectivity index (χ2v) is 6.01. The van der Waals surface area contributed by atoms with Crippen LogP contribution in [0, 0.1) is 11.6 Å². The highest BCUT2D eigenvalue weighted by Crippen LogP contribution is 2.16. The number of aromatic nitrogens is 2. The fourth-order valence-electron chi connectivity index (χ4n) is 2.85. The summed E-state index contributed by atoms with van der Waals surface area (Å²) >= 11 is 0. The van der Waals surface area contributed by atoms with Crippen molar-refractivity contribution in [2.45, 2.75) is 13.1 Å². The van der Waals surface area contributed by atoms with Gasteiger partial charge in [0.25, 0.3) is 5.91 Å². The fraction of sp³-hybridized carbons (Fsp3) is 0.100. The average molecular weight is 367 g/mol. The van der Waals surface area contributed by atoms with E-state index in [1.54, 1.807) is 12.4 Å². The maximum absolute atomic E-state index is 13.6. The number of halogens is 2. The Morgan fingerprint density at radius 2 is 1.81 bits per heavy atom. The third-order valence-electron chi connectivity index (χ3n) is 4.23. The molecule has 0 unspecified atom stereocenters. The number of rotatable bonds is 5. The van der Waals surface area contributed by atoms with Gasteiger partial charge in [-0.1, -0.05) is 18.2 Å². The first-order chi connectivity index (χ1) is 13.1. The highest BCUT2D eigenvalue weighted by molar-refractivity contribution is 5.91. The molecule has 0 bridgehead atoms. The molecule has 2 heterocycles. The molecule has 0 fully saturated rings. The zero-order valence-electron chi connectivity index (χ0n) is 14.2. The van der Waals surface area contributed by atoms with E-state index in [0.717, 1.165) is 23.2 Å². The van der Waals surface area contributed by atoms with Crippen molar-refractivity contribution in [2.24, 2.45) is 0 Å². The Balaban J connectivity index is 1.45. The summed E-state index contributed by atoms with van der Waals surface area (Å²) in [5.41, 5.74) is 1.63. The Hall–Kier alpha value is -3.48. The Morgan fingerprint density at radius 3 is 2.63 bits per heavy atom. The molecule has 0 atom stereocenters. The van der Waals surface area contributed by atoms with Gasteiger partial charge in [-0.15, -0.1) is 0 Å². The van der Waals surface area contributed by atoms with E-state index in [2.05, 4.69) is 10.3 Å². The normalized spacial score (nSPS) is 11.0. The molecular formula is C20H15F2N3O2. The van der Waals surface area contributed by atoms with Crippen LogP contribution in [-0.2, 0) is 13.1 Å².